The number of nitrogens with one attached hydrogen (secondary N) is 1. The van der Waals surface area contributed by atoms with Crippen molar-refractivity contribution in [3.05, 3.63) is 12.1 Å². The fourth-order valence-corrected chi connectivity index (χ4v) is 1.63. The zero-order valence-electron chi connectivity index (χ0n) is 9.84. The van der Waals surface area contributed by atoms with E-state index in [0.29, 0.717) is 22.6 Å². The summed E-state index contributed by atoms with van der Waals surface area (Å²) < 4.78 is 4.68. The van der Waals surface area contributed by atoms with Crippen molar-refractivity contribution in [1.29, 1.82) is 0 Å². The summed E-state index contributed by atoms with van der Waals surface area (Å²) in [6.45, 7) is 4.11. The molecule has 6 heteroatoms. The number of anilines is 2. The van der Waals surface area contributed by atoms with E-state index in [0.717, 1.165) is 5.69 Å². The SMILES string of the molecule is CC(C)C(CO)Nc1ccc(N)c2nonc12. The molecular formula is C11H16N4O2. The summed E-state index contributed by atoms with van der Waals surface area (Å²) in [4.78, 5) is 0. The molecule has 0 aliphatic carbocycles. The zero-order valence-corrected chi connectivity index (χ0v) is 9.84. The smallest absolute Gasteiger partial charge is 0.160 e. The molecule has 0 saturated carbocycles. The third-order valence-corrected chi connectivity index (χ3v) is 2.79. The van der Waals surface area contributed by atoms with Gasteiger partial charge in [0, 0.05) is 0 Å². The first-order valence-corrected chi connectivity index (χ1v) is 5.51. The monoisotopic (exact) mass is 236 g/mol. The number of nitrogens with two attached hydrogens (primary N) is 1. The fraction of sp³-hybridized carbons (Fsp3) is 0.455. The van der Waals surface area contributed by atoms with Crippen LogP contribution in [-0.4, -0.2) is 28.1 Å². The van der Waals surface area contributed by atoms with E-state index in [1.165, 1.54) is 0 Å². The minimum atomic E-state index is -0.0430. The Morgan fingerprint density at radius 1 is 1.35 bits per heavy atom. The van der Waals surface area contributed by atoms with Crippen molar-refractivity contribution in [2.75, 3.05) is 17.7 Å². The third-order valence-electron chi connectivity index (χ3n) is 2.79. The third kappa shape index (κ3) is 2.16. The van der Waals surface area contributed by atoms with Crippen LogP contribution in [0.25, 0.3) is 11.0 Å². The van der Waals surface area contributed by atoms with Gasteiger partial charge in [-0.3, -0.25) is 0 Å². The van der Waals surface area contributed by atoms with E-state index in [1.807, 2.05) is 19.9 Å². The normalized spacial score (nSPS) is 13.2. The maximum atomic E-state index is 9.29. The quantitative estimate of drug-likeness (QED) is 0.691. The van der Waals surface area contributed by atoms with Crippen LogP contribution in [-0.2, 0) is 0 Å². The summed E-state index contributed by atoms with van der Waals surface area (Å²) in [5.74, 6) is 0.299. The number of hydrogen-bond donors (Lipinski definition) is 3. The Kier molecular flexibility index (Phi) is 3.14. The van der Waals surface area contributed by atoms with Gasteiger partial charge in [-0.15, -0.1) is 0 Å². The minimum absolute atomic E-state index is 0.0430. The topological polar surface area (TPSA) is 97.2 Å². The van der Waals surface area contributed by atoms with E-state index in [1.54, 1.807) is 6.07 Å². The van der Waals surface area contributed by atoms with Gasteiger partial charge in [0.25, 0.3) is 0 Å². The first kappa shape index (κ1) is 11.7. The molecule has 0 aliphatic heterocycles. The lowest BCUT2D eigenvalue weighted by molar-refractivity contribution is 0.249. The number of aromatic nitrogens is 2. The largest absolute Gasteiger partial charge is 0.397 e. The van der Waals surface area contributed by atoms with Gasteiger partial charge < -0.3 is 16.2 Å². The Bertz CT molecular complexity index is 509. The van der Waals surface area contributed by atoms with E-state index in [4.69, 9.17) is 5.73 Å². The average Bonchev–Trinajstić information content (AvgIpc) is 2.78. The zero-order chi connectivity index (χ0) is 12.4. The van der Waals surface area contributed by atoms with Crippen molar-refractivity contribution in [3.63, 3.8) is 0 Å². The highest BCUT2D eigenvalue weighted by molar-refractivity contribution is 5.95. The molecule has 0 fully saturated rings. The number of hydrogen-bond acceptors (Lipinski definition) is 6. The van der Waals surface area contributed by atoms with Crippen LogP contribution in [0.15, 0.2) is 16.8 Å². The van der Waals surface area contributed by atoms with Crippen LogP contribution in [0.2, 0.25) is 0 Å². The highest BCUT2D eigenvalue weighted by Crippen LogP contribution is 2.26. The molecule has 2 rings (SSSR count). The predicted molar refractivity (Wildman–Crippen MR) is 65.6 cm³/mol. The Morgan fingerprint density at radius 3 is 2.71 bits per heavy atom. The van der Waals surface area contributed by atoms with Crippen molar-refractivity contribution in [1.82, 2.24) is 10.3 Å². The van der Waals surface area contributed by atoms with Crippen LogP contribution < -0.4 is 11.1 Å². The molecule has 1 unspecified atom stereocenters. The number of aliphatic hydroxyl groups is 1. The number of benzene rings is 1. The lowest BCUT2D eigenvalue weighted by atomic mass is 10.0. The summed E-state index contributed by atoms with van der Waals surface area (Å²) in [5, 5.41) is 20.1. The molecular weight excluding hydrogens is 220 g/mol. The molecule has 0 amide bonds. The average molecular weight is 236 g/mol. The van der Waals surface area contributed by atoms with Gasteiger partial charge in [-0.2, -0.15) is 0 Å². The second-order valence-corrected chi connectivity index (χ2v) is 4.34. The lowest BCUT2D eigenvalue weighted by Gasteiger charge is -2.21. The fourth-order valence-electron chi connectivity index (χ4n) is 1.63. The van der Waals surface area contributed by atoms with Gasteiger partial charge in [0.15, 0.2) is 11.0 Å². The summed E-state index contributed by atoms with van der Waals surface area (Å²) in [6.07, 6.45) is 0. The second-order valence-electron chi connectivity index (χ2n) is 4.34. The molecule has 2 aromatic rings. The maximum Gasteiger partial charge on any atom is 0.160 e. The van der Waals surface area contributed by atoms with Crippen molar-refractivity contribution < 1.29 is 9.74 Å². The Hall–Kier alpha value is -1.82. The van der Waals surface area contributed by atoms with E-state index in [9.17, 15) is 5.11 Å². The summed E-state index contributed by atoms with van der Waals surface area (Å²) in [5.41, 5.74) is 8.17. The molecule has 17 heavy (non-hydrogen) atoms. The van der Waals surface area contributed by atoms with E-state index in [2.05, 4.69) is 20.3 Å². The molecule has 0 spiro atoms. The summed E-state index contributed by atoms with van der Waals surface area (Å²) in [6, 6.07) is 3.51. The Balaban J connectivity index is 2.36. The van der Waals surface area contributed by atoms with Crippen LogP contribution in [0.5, 0.6) is 0 Å². The minimum Gasteiger partial charge on any atom is -0.397 e. The number of rotatable bonds is 4. The van der Waals surface area contributed by atoms with Crippen LogP contribution in [0.3, 0.4) is 0 Å². The molecule has 1 heterocycles. The van der Waals surface area contributed by atoms with E-state index < -0.39 is 0 Å². The molecule has 0 saturated heterocycles. The molecule has 92 valence electrons. The van der Waals surface area contributed by atoms with Gasteiger partial charge in [0.2, 0.25) is 0 Å². The first-order chi connectivity index (χ1) is 8.13. The van der Waals surface area contributed by atoms with E-state index in [-0.39, 0.29) is 12.6 Å². The molecule has 0 aliphatic rings. The summed E-state index contributed by atoms with van der Waals surface area (Å²) in [7, 11) is 0. The van der Waals surface area contributed by atoms with Crippen molar-refractivity contribution in [2.45, 2.75) is 19.9 Å². The Labute approximate surface area is 98.8 Å². The van der Waals surface area contributed by atoms with Gasteiger partial charge in [0.05, 0.1) is 24.0 Å². The number of aliphatic hydroxyl groups excluding tert-OH is 1. The number of fused-ring (bicyclic) bond motifs is 1. The van der Waals surface area contributed by atoms with Gasteiger partial charge in [-0.05, 0) is 28.4 Å². The highest BCUT2D eigenvalue weighted by Gasteiger charge is 2.16. The van der Waals surface area contributed by atoms with Gasteiger partial charge in [-0.25, -0.2) is 4.63 Å². The maximum absolute atomic E-state index is 9.29. The van der Waals surface area contributed by atoms with Crippen LogP contribution in [0.1, 0.15) is 13.8 Å². The first-order valence-electron chi connectivity index (χ1n) is 5.51. The van der Waals surface area contributed by atoms with Crippen LogP contribution >= 0.6 is 0 Å². The predicted octanol–water partition coefficient (Wildman–Crippen LogP) is 1.23. The second kappa shape index (κ2) is 4.58. The van der Waals surface area contributed by atoms with Gasteiger partial charge in [-0.1, -0.05) is 13.8 Å². The molecule has 0 bridgehead atoms. The Morgan fingerprint density at radius 2 is 2.06 bits per heavy atom. The molecule has 4 N–H and O–H groups in total. The summed E-state index contributed by atoms with van der Waals surface area (Å²) >= 11 is 0. The standard InChI is InChI=1S/C11H16N4O2/c1-6(2)9(5-16)13-8-4-3-7(12)10-11(8)15-17-14-10/h3-4,6,9,13,16H,5,12H2,1-2H3. The highest BCUT2D eigenvalue weighted by atomic mass is 16.6. The molecule has 1 aromatic carbocycles. The molecule has 6 nitrogen and oxygen atoms in total. The van der Waals surface area contributed by atoms with Crippen LogP contribution in [0, 0.1) is 5.92 Å². The van der Waals surface area contributed by atoms with Crippen LogP contribution in [0.4, 0.5) is 11.4 Å². The van der Waals surface area contributed by atoms with Gasteiger partial charge in [0.1, 0.15) is 0 Å². The number of nitrogen functional groups attached to an aromatic ring is 1. The molecule has 0 radical (unpaired) electrons. The molecule has 1 aromatic heterocycles. The van der Waals surface area contributed by atoms with E-state index >= 15 is 0 Å². The van der Waals surface area contributed by atoms with Crippen molar-refractivity contribution in [3.8, 4) is 0 Å². The lowest BCUT2D eigenvalue weighted by Crippen LogP contribution is -2.29. The van der Waals surface area contributed by atoms with Crippen molar-refractivity contribution >= 4 is 22.4 Å². The number of nitrogens with zero attached hydrogens (tertiary/aromatic N) is 2. The van der Waals surface area contributed by atoms with Crippen molar-refractivity contribution in [2.24, 2.45) is 5.92 Å². The molecule has 1 atom stereocenters. The van der Waals surface area contributed by atoms with Gasteiger partial charge >= 0.3 is 0 Å².